The molecule has 0 amide bonds. The molecule has 0 radical (unpaired) electrons. The largest absolute Gasteiger partial charge is 0.384 e. The van der Waals surface area contributed by atoms with Crippen LogP contribution in [0.2, 0.25) is 5.02 Å². The van der Waals surface area contributed by atoms with Gasteiger partial charge in [0.25, 0.3) is 0 Å². The fourth-order valence-electron chi connectivity index (χ4n) is 2.68. The van der Waals surface area contributed by atoms with Gasteiger partial charge in [-0.2, -0.15) is 0 Å². The Labute approximate surface area is 118 Å². The summed E-state index contributed by atoms with van der Waals surface area (Å²) in [4.78, 5) is 0.832. The molecule has 1 aliphatic carbocycles. The molecule has 1 saturated carbocycles. The van der Waals surface area contributed by atoms with E-state index >= 15 is 0 Å². The second-order valence-electron chi connectivity index (χ2n) is 5.97. The highest BCUT2D eigenvalue weighted by molar-refractivity contribution is 7.10. The maximum Gasteiger partial charge on any atom is 0.118 e. The average molecular weight is 289 g/mol. The SMILES string of the molecule is COC1(C(O)c2sccc2Cl)CCC(C)(C)CC1. The zero-order valence-electron chi connectivity index (χ0n) is 11.2. The van der Waals surface area contributed by atoms with Crippen molar-refractivity contribution in [2.24, 2.45) is 5.41 Å². The van der Waals surface area contributed by atoms with Crippen LogP contribution < -0.4 is 0 Å². The monoisotopic (exact) mass is 288 g/mol. The minimum Gasteiger partial charge on any atom is -0.384 e. The van der Waals surface area contributed by atoms with Gasteiger partial charge in [-0.3, -0.25) is 0 Å². The van der Waals surface area contributed by atoms with E-state index in [9.17, 15) is 5.11 Å². The van der Waals surface area contributed by atoms with Gasteiger partial charge in [-0.05, 0) is 42.5 Å². The Morgan fingerprint density at radius 1 is 1.33 bits per heavy atom. The molecule has 0 aliphatic heterocycles. The first-order chi connectivity index (χ1) is 8.40. The molecule has 0 saturated heterocycles. The van der Waals surface area contributed by atoms with Crippen molar-refractivity contribution in [3.8, 4) is 0 Å². The fourth-order valence-corrected chi connectivity index (χ4v) is 3.93. The summed E-state index contributed by atoms with van der Waals surface area (Å²) in [6, 6.07) is 1.83. The summed E-state index contributed by atoms with van der Waals surface area (Å²) in [6.45, 7) is 4.55. The summed E-state index contributed by atoms with van der Waals surface area (Å²) in [7, 11) is 1.70. The Kier molecular flexibility index (Phi) is 4.07. The summed E-state index contributed by atoms with van der Waals surface area (Å²) in [5.41, 5.74) is -0.120. The minimum absolute atomic E-state index is 0.348. The summed E-state index contributed by atoms with van der Waals surface area (Å²) in [5, 5.41) is 13.2. The normalized spacial score (nSPS) is 23.8. The van der Waals surface area contributed by atoms with Crippen molar-refractivity contribution in [2.45, 2.75) is 51.2 Å². The first-order valence-electron chi connectivity index (χ1n) is 6.36. The van der Waals surface area contributed by atoms with Crippen LogP contribution in [-0.2, 0) is 4.74 Å². The highest BCUT2D eigenvalue weighted by Crippen LogP contribution is 2.49. The molecule has 1 aromatic heterocycles. The van der Waals surface area contributed by atoms with Crippen LogP contribution in [0.3, 0.4) is 0 Å². The van der Waals surface area contributed by atoms with Crippen LogP contribution in [0.5, 0.6) is 0 Å². The van der Waals surface area contributed by atoms with E-state index < -0.39 is 11.7 Å². The molecule has 2 rings (SSSR count). The minimum atomic E-state index is -0.619. The number of aliphatic hydroxyl groups is 1. The number of rotatable bonds is 3. The number of ether oxygens (including phenoxy) is 1. The third-order valence-electron chi connectivity index (χ3n) is 4.25. The second-order valence-corrected chi connectivity index (χ2v) is 7.32. The zero-order chi connectivity index (χ0) is 13.4. The predicted octanol–water partition coefficient (Wildman–Crippen LogP) is 4.42. The Morgan fingerprint density at radius 3 is 2.39 bits per heavy atom. The van der Waals surface area contributed by atoms with Crippen molar-refractivity contribution in [2.75, 3.05) is 7.11 Å². The van der Waals surface area contributed by atoms with Gasteiger partial charge < -0.3 is 9.84 Å². The van der Waals surface area contributed by atoms with Crippen LogP contribution in [-0.4, -0.2) is 17.8 Å². The van der Waals surface area contributed by atoms with Crippen LogP contribution >= 0.6 is 22.9 Å². The molecule has 0 spiro atoms. The summed E-state index contributed by atoms with van der Waals surface area (Å²) in [5.74, 6) is 0. The topological polar surface area (TPSA) is 29.5 Å². The molecule has 18 heavy (non-hydrogen) atoms. The van der Waals surface area contributed by atoms with Gasteiger partial charge in [0.2, 0.25) is 0 Å². The predicted molar refractivity (Wildman–Crippen MR) is 76.3 cm³/mol. The number of hydrogen-bond acceptors (Lipinski definition) is 3. The van der Waals surface area contributed by atoms with Crippen molar-refractivity contribution in [3.63, 3.8) is 0 Å². The molecule has 1 atom stereocenters. The molecule has 2 nitrogen and oxygen atoms in total. The number of methoxy groups -OCH3 is 1. The molecular weight excluding hydrogens is 268 g/mol. The highest BCUT2D eigenvalue weighted by Gasteiger charge is 2.45. The van der Waals surface area contributed by atoms with Crippen molar-refractivity contribution < 1.29 is 9.84 Å². The maximum atomic E-state index is 10.6. The summed E-state index contributed by atoms with van der Waals surface area (Å²) >= 11 is 7.63. The van der Waals surface area contributed by atoms with Gasteiger partial charge in [-0.1, -0.05) is 25.4 Å². The van der Waals surface area contributed by atoms with Crippen LogP contribution in [0.15, 0.2) is 11.4 Å². The van der Waals surface area contributed by atoms with Gasteiger partial charge in [0, 0.05) is 7.11 Å². The van der Waals surface area contributed by atoms with E-state index in [1.807, 2.05) is 11.4 Å². The fraction of sp³-hybridized carbons (Fsp3) is 0.714. The smallest absolute Gasteiger partial charge is 0.118 e. The van der Waals surface area contributed by atoms with Crippen molar-refractivity contribution in [3.05, 3.63) is 21.3 Å². The highest BCUT2D eigenvalue weighted by atomic mass is 35.5. The number of hydrogen-bond donors (Lipinski definition) is 1. The van der Waals surface area contributed by atoms with Crippen molar-refractivity contribution >= 4 is 22.9 Å². The first-order valence-corrected chi connectivity index (χ1v) is 7.62. The Bertz CT molecular complexity index is 404. The molecule has 1 aromatic rings. The Morgan fingerprint density at radius 2 is 1.94 bits per heavy atom. The van der Waals surface area contributed by atoms with Gasteiger partial charge in [0.15, 0.2) is 0 Å². The Balaban J connectivity index is 2.21. The second kappa shape index (κ2) is 5.12. The van der Waals surface area contributed by atoms with Crippen molar-refractivity contribution in [1.82, 2.24) is 0 Å². The molecule has 1 fully saturated rings. The number of thiophene rings is 1. The van der Waals surface area contributed by atoms with Gasteiger partial charge in [-0.25, -0.2) is 0 Å². The molecule has 102 valence electrons. The third kappa shape index (κ3) is 2.60. The zero-order valence-corrected chi connectivity index (χ0v) is 12.8. The maximum absolute atomic E-state index is 10.6. The molecule has 1 aliphatic rings. The lowest BCUT2D eigenvalue weighted by Gasteiger charge is -2.45. The van der Waals surface area contributed by atoms with E-state index in [4.69, 9.17) is 16.3 Å². The molecular formula is C14H21ClO2S. The quantitative estimate of drug-likeness (QED) is 0.892. The van der Waals surface area contributed by atoms with Gasteiger partial charge >= 0.3 is 0 Å². The standard InChI is InChI=1S/C14H21ClO2S/c1-13(2)5-7-14(17-3,8-6-13)12(16)11-10(15)4-9-18-11/h4,9,12,16H,5-8H2,1-3H3. The van der Waals surface area contributed by atoms with E-state index in [-0.39, 0.29) is 0 Å². The lowest BCUT2D eigenvalue weighted by Crippen LogP contribution is -2.43. The van der Waals surface area contributed by atoms with E-state index in [1.165, 1.54) is 11.3 Å². The molecule has 1 unspecified atom stereocenters. The lowest BCUT2D eigenvalue weighted by molar-refractivity contribution is -0.137. The van der Waals surface area contributed by atoms with Crippen LogP contribution in [0.4, 0.5) is 0 Å². The van der Waals surface area contributed by atoms with Crippen LogP contribution in [0.1, 0.15) is 50.5 Å². The molecule has 1 heterocycles. The van der Waals surface area contributed by atoms with E-state index in [2.05, 4.69) is 13.8 Å². The molecule has 0 aromatic carbocycles. The molecule has 4 heteroatoms. The lowest BCUT2D eigenvalue weighted by atomic mass is 9.69. The van der Waals surface area contributed by atoms with Crippen LogP contribution in [0.25, 0.3) is 0 Å². The van der Waals surface area contributed by atoms with E-state index in [1.54, 1.807) is 7.11 Å². The summed E-state index contributed by atoms with van der Waals surface area (Å²) in [6.07, 6.45) is 3.28. The Hall–Kier alpha value is -0.0900. The van der Waals surface area contributed by atoms with Crippen LogP contribution in [0, 0.1) is 5.41 Å². The molecule has 1 N–H and O–H groups in total. The van der Waals surface area contributed by atoms with Crippen molar-refractivity contribution in [1.29, 1.82) is 0 Å². The summed E-state index contributed by atoms with van der Waals surface area (Å²) < 4.78 is 5.71. The van der Waals surface area contributed by atoms with E-state index in [0.717, 1.165) is 30.6 Å². The first kappa shape index (κ1) is 14.3. The number of aliphatic hydroxyl groups excluding tert-OH is 1. The van der Waals surface area contributed by atoms with Gasteiger partial charge in [-0.15, -0.1) is 11.3 Å². The molecule has 0 bridgehead atoms. The van der Waals surface area contributed by atoms with E-state index in [0.29, 0.717) is 10.4 Å². The van der Waals surface area contributed by atoms with Gasteiger partial charge in [0.1, 0.15) is 6.10 Å². The average Bonchev–Trinajstić information content (AvgIpc) is 2.75. The third-order valence-corrected chi connectivity index (χ3v) is 5.66. The number of halogens is 1. The van der Waals surface area contributed by atoms with Gasteiger partial charge in [0.05, 0.1) is 15.5 Å².